The highest BCUT2D eigenvalue weighted by molar-refractivity contribution is 5.94. The number of nitrogens with one attached hydrogen (secondary N) is 2. The van der Waals surface area contributed by atoms with Crippen molar-refractivity contribution in [2.45, 2.75) is 13.2 Å². The number of benzene rings is 2. The third-order valence-electron chi connectivity index (χ3n) is 3.52. The van der Waals surface area contributed by atoms with E-state index in [2.05, 4.69) is 15.5 Å². The van der Waals surface area contributed by atoms with E-state index in [4.69, 9.17) is 9.84 Å². The second-order valence-electron chi connectivity index (χ2n) is 5.43. The van der Waals surface area contributed by atoms with E-state index in [0.717, 1.165) is 12.1 Å². The molecule has 3 rings (SSSR count). The summed E-state index contributed by atoms with van der Waals surface area (Å²) in [6.45, 7) is 0.0471. The predicted octanol–water partition coefficient (Wildman–Crippen LogP) is 2.90. The summed E-state index contributed by atoms with van der Waals surface area (Å²) in [4.78, 5) is 12.1. The maximum atomic E-state index is 13.6. The molecule has 26 heavy (non-hydrogen) atoms. The third-order valence-corrected chi connectivity index (χ3v) is 3.52. The molecule has 8 heteroatoms. The summed E-state index contributed by atoms with van der Waals surface area (Å²) < 4.78 is 31.8. The second-order valence-corrected chi connectivity index (χ2v) is 5.43. The zero-order valence-electron chi connectivity index (χ0n) is 13.5. The maximum Gasteiger partial charge on any atom is 0.251 e. The van der Waals surface area contributed by atoms with Crippen molar-refractivity contribution in [1.29, 1.82) is 0 Å². The minimum atomic E-state index is -0.811. The predicted molar refractivity (Wildman–Crippen MR) is 88.6 cm³/mol. The number of amides is 1. The number of rotatable bonds is 6. The maximum absolute atomic E-state index is 13.6. The third kappa shape index (κ3) is 4.22. The van der Waals surface area contributed by atoms with Gasteiger partial charge in [-0.3, -0.25) is 9.89 Å². The van der Waals surface area contributed by atoms with Crippen LogP contribution in [0.2, 0.25) is 0 Å². The number of aliphatic hydroxyl groups excluding tert-OH is 1. The van der Waals surface area contributed by atoms with Crippen LogP contribution in [0.25, 0.3) is 0 Å². The number of hydrogen-bond acceptors (Lipinski definition) is 4. The second kappa shape index (κ2) is 7.75. The summed E-state index contributed by atoms with van der Waals surface area (Å²) in [7, 11) is 0. The fourth-order valence-corrected chi connectivity index (χ4v) is 2.22. The van der Waals surface area contributed by atoms with Crippen LogP contribution in [0, 0.1) is 11.6 Å². The Balaban J connectivity index is 1.60. The van der Waals surface area contributed by atoms with Crippen LogP contribution in [0.1, 0.15) is 21.7 Å². The van der Waals surface area contributed by atoms with Gasteiger partial charge in [-0.2, -0.15) is 5.10 Å². The van der Waals surface area contributed by atoms with Crippen LogP contribution in [0.15, 0.2) is 48.5 Å². The number of H-pyrrole nitrogens is 1. The van der Waals surface area contributed by atoms with E-state index in [9.17, 15) is 13.6 Å². The molecule has 0 spiro atoms. The van der Waals surface area contributed by atoms with E-state index in [0.29, 0.717) is 22.7 Å². The molecule has 134 valence electrons. The number of carbonyl (C=O) groups is 1. The van der Waals surface area contributed by atoms with Gasteiger partial charge in [0.15, 0.2) is 11.6 Å². The zero-order chi connectivity index (χ0) is 18.5. The summed E-state index contributed by atoms with van der Waals surface area (Å²) in [5, 5.41) is 18.2. The van der Waals surface area contributed by atoms with Gasteiger partial charge >= 0.3 is 0 Å². The lowest BCUT2D eigenvalue weighted by molar-refractivity contribution is 0.0950. The Kier molecular flexibility index (Phi) is 5.23. The minimum absolute atomic E-state index is 0.109. The number of nitrogens with zero attached hydrogens (tertiary/aromatic N) is 1. The number of aromatic amines is 1. The number of halogens is 2. The monoisotopic (exact) mass is 359 g/mol. The van der Waals surface area contributed by atoms with Gasteiger partial charge in [-0.1, -0.05) is 0 Å². The molecule has 0 radical (unpaired) electrons. The molecule has 0 aliphatic rings. The average Bonchev–Trinajstić information content (AvgIpc) is 3.11. The Labute approximate surface area is 147 Å². The molecule has 0 saturated heterocycles. The molecule has 1 aromatic heterocycles. The van der Waals surface area contributed by atoms with E-state index < -0.39 is 11.6 Å². The smallest absolute Gasteiger partial charge is 0.251 e. The molecule has 0 atom stereocenters. The van der Waals surface area contributed by atoms with E-state index in [1.807, 2.05) is 0 Å². The topological polar surface area (TPSA) is 87.2 Å². The lowest BCUT2D eigenvalue weighted by Crippen LogP contribution is -2.22. The number of aromatic nitrogens is 2. The van der Waals surface area contributed by atoms with Crippen molar-refractivity contribution in [3.8, 4) is 11.5 Å². The van der Waals surface area contributed by atoms with Crippen molar-refractivity contribution in [1.82, 2.24) is 15.5 Å². The summed E-state index contributed by atoms with van der Waals surface area (Å²) >= 11 is 0. The van der Waals surface area contributed by atoms with Crippen LogP contribution in [0.4, 0.5) is 8.78 Å². The highest BCUT2D eigenvalue weighted by atomic mass is 19.1. The molecule has 0 saturated carbocycles. The highest BCUT2D eigenvalue weighted by Crippen LogP contribution is 2.25. The first-order valence-electron chi connectivity index (χ1n) is 7.70. The van der Waals surface area contributed by atoms with Gasteiger partial charge in [-0.15, -0.1) is 0 Å². The first-order valence-corrected chi connectivity index (χ1v) is 7.70. The van der Waals surface area contributed by atoms with Gasteiger partial charge in [0.2, 0.25) is 0 Å². The first-order chi connectivity index (χ1) is 12.5. The van der Waals surface area contributed by atoms with Gasteiger partial charge in [-0.05, 0) is 42.5 Å². The molecule has 3 aromatic rings. The molecule has 0 aliphatic carbocycles. The van der Waals surface area contributed by atoms with Crippen molar-refractivity contribution in [3.05, 3.63) is 77.1 Å². The van der Waals surface area contributed by atoms with Crippen LogP contribution >= 0.6 is 0 Å². The minimum Gasteiger partial charge on any atom is -0.454 e. The molecule has 0 unspecified atom stereocenters. The number of hydrogen-bond donors (Lipinski definition) is 3. The SMILES string of the molecule is O=C(NCc1cc(CO)n[nH]1)c1ccc(Oc2ccc(F)cc2F)cc1. The largest absolute Gasteiger partial charge is 0.454 e. The van der Waals surface area contributed by atoms with Crippen LogP contribution < -0.4 is 10.1 Å². The zero-order valence-corrected chi connectivity index (χ0v) is 13.5. The van der Waals surface area contributed by atoms with Crippen molar-refractivity contribution >= 4 is 5.91 Å². The highest BCUT2D eigenvalue weighted by Gasteiger charge is 2.09. The molecular formula is C18H15F2N3O3. The molecule has 6 nitrogen and oxygen atoms in total. The quantitative estimate of drug-likeness (QED) is 0.632. The molecule has 1 amide bonds. The average molecular weight is 359 g/mol. The van der Waals surface area contributed by atoms with Gasteiger partial charge < -0.3 is 15.2 Å². The molecule has 1 heterocycles. The van der Waals surface area contributed by atoms with Crippen molar-refractivity contribution < 1.29 is 23.4 Å². The Morgan fingerprint density at radius 3 is 2.58 bits per heavy atom. The molecule has 0 bridgehead atoms. The molecule has 0 aliphatic heterocycles. The lowest BCUT2D eigenvalue weighted by Gasteiger charge is -2.08. The Morgan fingerprint density at radius 2 is 1.92 bits per heavy atom. The van der Waals surface area contributed by atoms with E-state index in [1.54, 1.807) is 6.07 Å². The molecule has 3 N–H and O–H groups in total. The van der Waals surface area contributed by atoms with Crippen molar-refractivity contribution in [2.75, 3.05) is 0 Å². The fraction of sp³-hybridized carbons (Fsp3) is 0.111. The Bertz CT molecular complexity index is 910. The molecular weight excluding hydrogens is 344 g/mol. The lowest BCUT2D eigenvalue weighted by atomic mass is 10.2. The standard InChI is InChI=1S/C18H15F2N3O3/c19-12-3-6-17(16(20)7-12)26-15-4-1-11(2-5-15)18(25)21-9-13-8-14(10-24)23-22-13/h1-8,24H,9-10H2,(H,21,25)(H,22,23). The molecule has 2 aromatic carbocycles. The van der Waals surface area contributed by atoms with E-state index in [-0.39, 0.29) is 24.8 Å². The van der Waals surface area contributed by atoms with Gasteiger partial charge in [-0.25, -0.2) is 8.78 Å². The summed E-state index contributed by atoms with van der Waals surface area (Å²) in [6, 6.07) is 10.7. The van der Waals surface area contributed by atoms with Crippen LogP contribution in [0.3, 0.4) is 0 Å². The van der Waals surface area contributed by atoms with Crippen molar-refractivity contribution in [2.24, 2.45) is 0 Å². The number of carbonyl (C=O) groups excluding carboxylic acids is 1. The van der Waals surface area contributed by atoms with Crippen LogP contribution in [-0.4, -0.2) is 21.2 Å². The fourth-order valence-electron chi connectivity index (χ4n) is 2.22. The van der Waals surface area contributed by atoms with Crippen molar-refractivity contribution in [3.63, 3.8) is 0 Å². The van der Waals surface area contributed by atoms with Crippen LogP contribution in [0.5, 0.6) is 11.5 Å². The van der Waals surface area contributed by atoms with E-state index in [1.165, 1.54) is 30.3 Å². The summed E-state index contributed by atoms with van der Waals surface area (Å²) in [5.41, 5.74) is 1.54. The normalized spacial score (nSPS) is 10.6. The summed E-state index contributed by atoms with van der Waals surface area (Å²) in [5.74, 6) is -1.61. The molecule has 0 fully saturated rings. The Hall–Kier alpha value is -3.26. The van der Waals surface area contributed by atoms with Gasteiger partial charge in [0, 0.05) is 11.6 Å². The Morgan fingerprint density at radius 1 is 1.15 bits per heavy atom. The first kappa shape index (κ1) is 17.6. The van der Waals surface area contributed by atoms with Crippen LogP contribution in [-0.2, 0) is 13.2 Å². The van der Waals surface area contributed by atoms with E-state index >= 15 is 0 Å². The number of aliphatic hydroxyl groups is 1. The number of ether oxygens (including phenoxy) is 1. The van der Waals surface area contributed by atoms with Gasteiger partial charge in [0.25, 0.3) is 5.91 Å². The van der Waals surface area contributed by atoms with Gasteiger partial charge in [0.1, 0.15) is 11.6 Å². The summed E-state index contributed by atoms with van der Waals surface area (Å²) in [6.07, 6.45) is 0. The van der Waals surface area contributed by atoms with Gasteiger partial charge in [0.05, 0.1) is 24.5 Å².